The van der Waals surface area contributed by atoms with Crippen LogP contribution in [0.5, 0.6) is 17.2 Å². The Balaban J connectivity index is 1.42. The average molecular weight is 527 g/mol. The molecular formula is C30H34N6O3. The van der Waals surface area contributed by atoms with Crippen LogP contribution in [0.3, 0.4) is 0 Å². The number of piperazine rings is 1. The van der Waals surface area contributed by atoms with Gasteiger partial charge in [-0.05, 0) is 43.3 Å². The quantitative estimate of drug-likeness (QED) is 0.277. The predicted molar refractivity (Wildman–Crippen MR) is 155 cm³/mol. The first-order valence-corrected chi connectivity index (χ1v) is 13.0. The molecule has 5 N–H and O–H groups in total. The number of carbonyl (C=O) groups excluding carboxylic acids is 1. The second-order valence-corrected chi connectivity index (χ2v) is 9.76. The minimum atomic E-state index is -0.495. The van der Waals surface area contributed by atoms with Gasteiger partial charge in [-0.3, -0.25) is 4.79 Å². The van der Waals surface area contributed by atoms with Crippen molar-refractivity contribution in [2.75, 3.05) is 57.9 Å². The number of hydrogen-bond donors (Lipinski definition) is 3. The molecule has 0 aliphatic carbocycles. The second-order valence-electron chi connectivity index (χ2n) is 9.76. The van der Waals surface area contributed by atoms with Gasteiger partial charge in [0.05, 0.1) is 7.11 Å². The number of amides is 1. The first-order valence-electron chi connectivity index (χ1n) is 13.0. The Labute approximate surface area is 228 Å². The summed E-state index contributed by atoms with van der Waals surface area (Å²) in [7, 11) is 3.70. The number of nitrogens with two attached hydrogens (primary N) is 2. The SMILES string of the molecule is COc1cc(Nc2cc(Oc3ccc(N)c4ccccc34)ccn2)c(CCN2CCN(C)CC2)c(C(N)=O)c1. The van der Waals surface area contributed by atoms with Crippen molar-refractivity contribution in [3.63, 3.8) is 0 Å². The molecule has 1 aliphatic heterocycles. The van der Waals surface area contributed by atoms with Crippen LogP contribution in [0.1, 0.15) is 15.9 Å². The first-order chi connectivity index (χ1) is 18.9. The molecule has 0 spiro atoms. The number of methoxy groups -OCH3 is 1. The van der Waals surface area contributed by atoms with E-state index in [2.05, 4.69) is 27.1 Å². The third-order valence-corrected chi connectivity index (χ3v) is 7.14. The lowest BCUT2D eigenvalue weighted by molar-refractivity contribution is 0.0998. The van der Waals surface area contributed by atoms with Gasteiger partial charge < -0.3 is 36.1 Å². The van der Waals surface area contributed by atoms with Crippen molar-refractivity contribution < 1.29 is 14.3 Å². The molecule has 1 amide bonds. The molecule has 0 bridgehead atoms. The van der Waals surface area contributed by atoms with Crippen molar-refractivity contribution in [1.29, 1.82) is 0 Å². The first kappa shape index (κ1) is 26.3. The fraction of sp³-hybridized carbons (Fsp3) is 0.267. The third-order valence-electron chi connectivity index (χ3n) is 7.14. The van der Waals surface area contributed by atoms with E-state index in [9.17, 15) is 4.79 Å². The van der Waals surface area contributed by atoms with Crippen molar-refractivity contribution in [2.45, 2.75) is 6.42 Å². The molecule has 1 aromatic heterocycles. The smallest absolute Gasteiger partial charge is 0.249 e. The molecule has 9 heteroatoms. The normalized spacial score (nSPS) is 14.3. The fourth-order valence-electron chi connectivity index (χ4n) is 4.90. The van der Waals surface area contributed by atoms with Crippen molar-refractivity contribution >= 4 is 33.9 Å². The zero-order chi connectivity index (χ0) is 27.4. The van der Waals surface area contributed by atoms with Crippen molar-refractivity contribution in [3.8, 4) is 17.2 Å². The fourth-order valence-corrected chi connectivity index (χ4v) is 4.90. The summed E-state index contributed by atoms with van der Waals surface area (Å²) in [4.78, 5) is 21.7. The van der Waals surface area contributed by atoms with Crippen LogP contribution >= 0.6 is 0 Å². The van der Waals surface area contributed by atoms with Crippen molar-refractivity contribution in [2.24, 2.45) is 5.73 Å². The summed E-state index contributed by atoms with van der Waals surface area (Å²) < 4.78 is 11.7. The molecule has 0 unspecified atom stereocenters. The second kappa shape index (κ2) is 11.6. The standard InChI is InChI=1S/C30H34N6O3/c1-35-13-15-36(16-14-35)12-10-23-25(30(32)37)17-21(38-2)18-27(23)34-29-19-20(9-11-33-29)39-28-8-7-26(31)22-5-3-4-6-24(22)28/h3-9,11,17-19H,10,12-16,31H2,1-2H3,(H2,32,37)(H,33,34). The zero-order valence-electron chi connectivity index (χ0n) is 22.3. The van der Waals surface area contributed by atoms with Crippen LogP contribution < -0.4 is 26.3 Å². The topological polar surface area (TPSA) is 119 Å². The van der Waals surface area contributed by atoms with E-state index in [0.29, 0.717) is 40.7 Å². The Morgan fingerprint density at radius 1 is 1.00 bits per heavy atom. The molecule has 1 saturated heterocycles. The van der Waals surface area contributed by atoms with Crippen molar-refractivity contribution in [3.05, 3.63) is 78.0 Å². The minimum Gasteiger partial charge on any atom is -0.497 e. The monoisotopic (exact) mass is 526 g/mol. The van der Waals surface area contributed by atoms with Gasteiger partial charge in [-0.15, -0.1) is 0 Å². The van der Waals surface area contributed by atoms with E-state index in [1.807, 2.05) is 48.5 Å². The third kappa shape index (κ3) is 6.05. The van der Waals surface area contributed by atoms with E-state index < -0.39 is 5.91 Å². The number of primary amides is 1. The Hall–Kier alpha value is -4.34. The van der Waals surface area contributed by atoms with E-state index in [4.69, 9.17) is 20.9 Å². The van der Waals surface area contributed by atoms with Gasteiger partial charge in [0.25, 0.3) is 0 Å². The summed E-state index contributed by atoms with van der Waals surface area (Å²) in [6.45, 7) is 4.84. The summed E-state index contributed by atoms with van der Waals surface area (Å²) in [5, 5.41) is 5.24. The summed E-state index contributed by atoms with van der Waals surface area (Å²) >= 11 is 0. The molecule has 0 atom stereocenters. The number of pyridine rings is 1. The molecule has 9 nitrogen and oxygen atoms in total. The van der Waals surface area contributed by atoms with Crippen LogP contribution in [0.4, 0.5) is 17.2 Å². The van der Waals surface area contributed by atoms with E-state index in [0.717, 1.165) is 54.7 Å². The number of aromatic nitrogens is 1. The maximum Gasteiger partial charge on any atom is 0.249 e. The molecule has 0 radical (unpaired) electrons. The molecule has 0 saturated carbocycles. The highest BCUT2D eigenvalue weighted by molar-refractivity contribution is 5.97. The van der Waals surface area contributed by atoms with Crippen molar-refractivity contribution in [1.82, 2.24) is 14.8 Å². The Kier molecular flexibility index (Phi) is 7.81. The van der Waals surface area contributed by atoms with Gasteiger partial charge in [0.2, 0.25) is 5.91 Å². The van der Waals surface area contributed by atoms with Gasteiger partial charge in [-0.25, -0.2) is 4.98 Å². The minimum absolute atomic E-state index is 0.437. The van der Waals surface area contributed by atoms with Crippen LogP contribution in [0.25, 0.3) is 10.8 Å². The number of nitrogen functional groups attached to an aromatic ring is 1. The summed E-state index contributed by atoms with van der Waals surface area (Å²) in [6.07, 6.45) is 2.33. The number of hydrogen-bond acceptors (Lipinski definition) is 8. The largest absolute Gasteiger partial charge is 0.497 e. The number of nitrogens with one attached hydrogen (secondary N) is 1. The Bertz CT molecular complexity index is 1480. The lowest BCUT2D eigenvalue weighted by atomic mass is 10.00. The maximum atomic E-state index is 12.5. The molecule has 3 aromatic carbocycles. The number of rotatable bonds is 9. The number of anilines is 3. The molecule has 1 aliphatic rings. The maximum absolute atomic E-state index is 12.5. The molecule has 1 fully saturated rings. The van der Waals surface area contributed by atoms with Crippen LogP contribution in [-0.2, 0) is 6.42 Å². The van der Waals surface area contributed by atoms with Gasteiger partial charge in [-0.2, -0.15) is 0 Å². The van der Waals surface area contributed by atoms with Gasteiger partial charge in [-0.1, -0.05) is 24.3 Å². The van der Waals surface area contributed by atoms with Crippen LogP contribution in [0.2, 0.25) is 0 Å². The van der Waals surface area contributed by atoms with Crippen LogP contribution in [0.15, 0.2) is 66.9 Å². The lowest BCUT2D eigenvalue weighted by Crippen LogP contribution is -2.45. The number of carbonyl (C=O) groups is 1. The number of fused-ring (bicyclic) bond motifs is 1. The number of benzene rings is 3. The highest BCUT2D eigenvalue weighted by atomic mass is 16.5. The summed E-state index contributed by atoms with van der Waals surface area (Å²) in [6, 6.07) is 18.7. The van der Waals surface area contributed by atoms with Gasteiger partial charge in [0.1, 0.15) is 23.1 Å². The predicted octanol–water partition coefficient (Wildman–Crippen LogP) is 4.25. The molecule has 4 aromatic rings. The van der Waals surface area contributed by atoms with E-state index in [1.54, 1.807) is 25.4 Å². The highest BCUT2D eigenvalue weighted by Gasteiger charge is 2.19. The van der Waals surface area contributed by atoms with E-state index >= 15 is 0 Å². The Morgan fingerprint density at radius 3 is 2.51 bits per heavy atom. The van der Waals surface area contributed by atoms with Gasteiger partial charge in [0.15, 0.2) is 0 Å². The van der Waals surface area contributed by atoms with Crippen LogP contribution in [0, 0.1) is 0 Å². The summed E-state index contributed by atoms with van der Waals surface area (Å²) in [5.41, 5.74) is 14.6. The van der Waals surface area contributed by atoms with Crippen LogP contribution in [-0.4, -0.2) is 67.6 Å². The molecule has 5 rings (SSSR count). The highest BCUT2D eigenvalue weighted by Crippen LogP contribution is 2.35. The number of nitrogens with zero attached hydrogens (tertiary/aromatic N) is 3. The number of likely N-dealkylation sites (N-methyl/N-ethyl adjacent to an activating group) is 1. The van der Waals surface area contributed by atoms with Gasteiger partial charge in [0, 0.05) is 78.8 Å². The van der Waals surface area contributed by atoms with E-state index in [-0.39, 0.29) is 0 Å². The average Bonchev–Trinajstić information content (AvgIpc) is 2.94. The van der Waals surface area contributed by atoms with E-state index in [1.165, 1.54) is 0 Å². The molecular weight excluding hydrogens is 492 g/mol. The molecule has 2 heterocycles. The zero-order valence-corrected chi connectivity index (χ0v) is 22.3. The number of ether oxygens (including phenoxy) is 2. The van der Waals surface area contributed by atoms with Gasteiger partial charge >= 0.3 is 0 Å². The molecule has 39 heavy (non-hydrogen) atoms. The molecule has 202 valence electrons. The lowest BCUT2D eigenvalue weighted by Gasteiger charge is -2.32. The summed E-state index contributed by atoms with van der Waals surface area (Å²) in [5.74, 6) is 1.92. The Morgan fingerprint density at radius 2 is 1.77 bits per heavy atom.